The minimum absolute atomic E-state index is 0.176. The molecule has 1 aliphatic rings. The molecule has 1 fully saturated rings. The van der Waals surface area contributed by atoms with E-state index in [-0.39, 0.29) is 17.9 Å². The minimum Gasteiger partial charge on any atom is -0.480 e. The van der Waals surface area contributed by atoms with Crippen LogP contribution in [-0.4, -0.2) is 29.6 Å². The second-order valence-electron chi connectivity index (χ2n) is 6.16. The molecule has 1 heterocycles. The summed E-state index contributed by atoms with van der Waals surface area (Å²) in [7, 11) is 0. The quantitative estimate of drug-likeness (QED) is 0.633. The molecule has 3 atom stereocenters. The minimum atomic E-state index is -1.01. The van der Waals surface area contributed by atoms with E-state index in [2.05, 4.69) is 16.2 Å². The first-order chi connectivity index (χ1) is 10.9. The van der Waals surface area contributed by atoms with Crippen molar-refractivity contribution < 1.29 is 14.7 Å². The fourth-order valence-electron chi connectivity index (χ4n) is 2.73. The van der Waals surface area contributed by atoms with Gasteiger partial charge in [0, 0.05) is 11.6 Å². The van der Waals surface area contributed by atoms with E-state index in [0.717, 1.165) is 5.56 Å². The number of carbonyl (C=O) groups excluding carboxylic acids is 1. The third-order valence-electron chi connectivity index (χ3n) is 3.88. The Morgan fingerprint density at radius 2 is 2.09 bits per heavy atom. The van der Waals surface area contributed by atoms with Crippen LogP contribution in [0, 0.1) is 11.8 Å². The molecule has 0 aliphatic carbocycles. The lowest BCUT2D eigenvalue weighted by atomic mass is 9.93. The monoisotopic (exact) mass is 339 g/mol. The number of hydrogen-bond acceptors (Lipinski definition) is 4. The maximum Gasteiger partial charge on any atom is 0.326 e. The molecule has 126 valence electrons. The molecule has 23 heavy (non-hydrogen) atoms. The van der Waals surface area contributed by atoms with Gasteiger partial charge in [0.2, 0.25) is 5.91 Å². The van der Waals surface area contributed by atoms with Crippen molar-refractivity contribution in [2.75, 3.05) is 6.54 Å². The zero-order chi connectivity index (χ0) is 17.0. The van der Waals surface area contributed by atoms with Crippen LogP contribution in [-0.2, 0) is 9.59 Å². The van der Waals surface area contributed by atoms with Crippen LogP contribution in [0.4, 0.5) is 0 Å². The maximum atomic E-state index is 12.5. The summed E-state index contributed by atoms with van der Waals surface area (Å²) in [6.07, 6.45) is 0.394. The molecule has 2 rings (SSSR count). The maximum absolute atomic E-state index is 12.5. The van der Waals surface area contributed by atoms with Gasteiger partial charge in [-0.1, -0.05) is 43.6 Å². The summed E-state index contributed by atoms with van der Waals surface area (Å²) >= 11 is 6.21. The molecule has 0 bridgehead atoms. The van der Waals surface area contributed by atoms with Crippen molar-refractivity contribution in [3.05, 3.63) is 34.9 Å². The van der Waals surface area contributed by atoms with Crippen molar-refractivity contribution in [1.29, 1.82) is 0 Å². The van der Waals surface area contributed by atoms with Crippen molar-refractivity contribution in [2.45, 2.75) is 32.4 Å². The highest BCUT2D eigenvalue weighted by Crippen LogP contribution is 2.30. The number of aliphatic carboxylic acids is 1. The Morgan fingerprint density at radius 3 is 2.70 bits per heavy atom. The van der Waals surface area contributed by atoms with Crippen molar-refractivity contribution in [3.63, 3.8) is 0 Å². The number of carboxylic acids is 1. The van der Waals surface area contributed by atoms with Crippen LogP contribution in [0.2, 0.25) is 5.02 Å². The van der Waals surface area contributed by atoms with Crippen LogP contribution in [0.1, 0.15) is 31.9 Å². The zero-order valence-corrected chi connectivity index (χ0v) is 13.9. The van der Waals surface area contributed by atoms with Crippen LogP contribution in [0.3, 0.4) is 0 Å². The predicted octanol–water partition coefficient (Wildman–Crippen LogP) is 1.72. The number of rotatable bonds is 6. The fourth-order valence-corrected chi connectivity index (χ4v) is 2.99. The SMILES string of the molecule is CC(C)C[C@@H](NC(=O)C1CNNC1c1ccccc1Cl)C(=O)O. The number of carboxylic acid groups (broad SMARTS) is 1. The van der Waals surface area contributed by atoms with E-state index in [1.165, 1.54) is 0 Å². The van der Waals surface area contributed by atoms with E-state index in [4.69, 9.17) is 11.6 Å². The van der Waals surface area contributed by atoms with E-state index < -0.39 is 17.9 Å². The van der Waals surface area contributed by atoms with E-state index in [1.54, 1.807) is 6.07 Å². The molecule has 1 aromatic carbocycles. The van der Waals surface area contributed by atoms with Crippen LogP contribution < -0.4 is 16.2 Å². The molecule has 0 radical (unpaired) electrons. The lowest BCUT2D eigenvalue weighted by Crippen LogP contribution is -2.45. The van der Waals surface area contributed by atoms with Gasteiger partial charge in [-0.25, -0.2) is 10.2 Å². The van der Waals surface area contributed by atoms with Gasteiger partial charge in [0.15, 0.2) is 0 Å². The number of carbonyl (C=O) groups is 2. The Bertz CT molecular complexity index is 579. The van der Waals surface area contributed by atoms with Gasteiger partial charge >= 0.3 is 5.97 Å². The van der Waals surface area contributed by atoms with Crippen LogP contribution in [0.25, 0.3) is 0 Å². The molecule has 4 N–H and O–H groups in total. The van der Waals surface area contributed by atoms with Gasteiger partial charge in [-0.05, 0) is 24.0 Å². The van der Waals surface area contributed by atoms with Gasteiger partial charge in [-0.15, -0.1) is 0 Å². The molecular weight excluding hydrogens is 318 g/mol. The summed E-state index contributed by atoms with van der Waals surface area (Å²) in [4.78, 5) is 23.9. The van der Waals surface area contributed by atoms with Crippen molar-refractivity contribution in [3.8, 4) is 0 Å². The van der Waals surface area contributed by atoms with E-state index in [0.29, 0.717) is 18.0 Å². The second-order valence-corrected chi connectivity index (χ2v) is 6.57. The smallest absolute Gasteiger partial charge is 0.326 e. The molecule has 2 unspecified atom stereocenters. The Balaban J connectivity index is 2.11. The number of hydrazine groups is 1. The molecule has 1 amide bonds. The normalized spacial score (nSPS) is 22.1. The largest absolute Gasteiger partial charge is 0.480 e. The van der Waals surface area contributed by atoms with Crippen molar-refractivity contribution in [1.82, 2.24) is 16.2 Å². The average molecular weight is 340 g/mol. The molecular formula is C16H22ClN3O3. The summed E-state index contributed by atoms with van der Waals surface area (Å²) in [5.74, 6) is -1.56. The summed E-state index contributed by atoms with van der Waals surface area (Å²) in [6.45, 7) is 4.26. The molecule has 6 nitrogen and oxygen atoms in total. The van der Waals surface area contributed by atoms with Gasteiger partial charge < -0.3 is 10.4 Å². The number of amides is 1. The topological polar surface area (TPSA) is 90.5 Å². The predicted molar refractivity (Wildman–Crippen MR) is 87.8 cm³/mol. The number of nitrogens with one attached hydrogen (secondary N) is 3. The lowest BCUT2D eigenvalue weighted by molar-refractivity contribution is -0.143. The molecule has 0 saturated carbocycles. The number of hydrogen-bond donors (Lipinski definition) is 4. The van der Waals surface area contributed by atoms with Crippen LogP contribution in [0.15, 0.2) is 24.3 Å². The molecule has 7 heteroatoms. The lowest BCUT2D eigenvalue weighted by Gasteiger charge is -2.22. The Morgan fingerprint density at radius 1 is 1.39 bits per heavy atom. The number of halogens is 1. The zero-order valence-electron chi connectivity index (χ0n) is 13.2. The second kappa shape index (κ2) is 7.77. The third kappa shape index (κ3) is 4.43. The highest BCUT2D eigenvalue weighted by molar-refractivity contribution is 6.31. The van der Waals surface area contributed by atoms with E-state index in [1.807, 2.05) is 32.0 Å². The first kappa shape index (κ1) is 17.7. The molecule has 1 saturated heterocycles. The third-order valence-corrected chi connectivity index (χ3v) is 4.22. The molecule has 0 aromatic heterocycles. The molecule has 0 spiro atoms. The summed E-state index contributed by atoms with van der Waals surface area (Å²) in [6, 6.07) is 6.13. The van der Waals surface area contributed by atoms with Crippen molar-refractivity contribution >= 4 is 23.5 Å². The Labute approximate surface area is 140 Å². The summed E-state index contributed by atoms with van der Waals surface area (Å²) in [5.41, 5.74) is 6.82. The van der Waals surface area contributed by atoms with Gasteiger partial charge in [0.1, 0.15) is 6.04 Å². The molecule has 1 aliphatic heterocycles. The standard InChI is InChI=1S/C16H22ClN3O3/c1-9(2)7-13(16(22)23)19-15(21)11-8-18-20-14(11)10-5-3-4-6-12(10)17/h3-6,9,11,13-14,18,20H,7-8H2,1-2H3,(H,19,21)(H,22,23)/t11?,13-,14?/m1/s1. The highest BCUT2D eigenvalue weighted by atomic mass is 35.5. The first-order valence-corrected chi connectivity index (χ1v) is 8.04. The van der Waals surface area contributed by atoms with Gasteiger partial charge in [-0.3, -0.25) is 10.2 Å². The van der Waals surface area contributed by atoms with E-state index >= 15 is 0 Å². The number of benzene rings is 1. The van der Waals surface area contributed by atoms with Crippen LogP contribution in [0.5, 0.6) is 0 Å². The first-order valence-electron chi connectivity index (χ1n) is 7.66. The summed E-state index contributed by atoms with van der Waals surface area (Å²) in [5, 5.41) is 12.5. The van der Waals surface area contributed by atoms with Gasteiger partial charge in [0.05, 0.1) is 12.0 Å². The Hall–Kier alpha value is -1.63. The molecule has 1 aromatic rings. The Kier molecular flexibility index (Phi) is 5.98. The fraction of sp³-hybridized carbons (Fsp3) is 0.500. The highest BCUT2D eigenvalue weighted by Gasteiger charge is 2.36. The van der Waals surface area contributed by atoms with Gasteiger partial charge in [0.25, 0.3) is 0 Å². The van der Waals surface area contributed by atoms with Gasteiger partial charge in [-0.2, -0.15) is 0 Å². The van der Waals surface area contributed by atoms with Crippen LogP contribution >= 0.6 is 11.6 Å². The van der Waals surface area contributed by atoms with Crippen molar-refractivity contribution in [2.24, 2.45) is 11.8 Å². The summed E-state index contributed by atoms with van der Waals surface area (Å²) < 4.78 is 0. The van der Waals surface area contributed by atoms with E-state index in [9.17, 15) is 14.7 Å². The average Bonchev–Trinajstić information content (AvgIpc) is 2.95.